The second kappa shape index (κ2) is 9.37. The van der Waals surface area contributed by atoms with Gasteiger partial charge in [-0.1, -0.05) is 48.2 Å². The number of hydrogen-bond acceptors (Lipinski definition) is 7. The van der Waals surface area contributed by atoms with Gasteiger partial charge in [0.2, 0.25) is 5.91 Å². The van der Waals surface area contributed by atoms with Crippen molar-refractivity contribution in [3.63, 3.8) is 0 Å². The number of nitrogens with one attached hydrogen (secondary N) is 1. The second-order valence-corrected chi connectivity index (χ2v) is 8.84. The number of carbonyl (C=O) groups is 2. The number of anilines is 1. The number of fused-ring (bicyclic) bond motifs is 1. The van der Waals surface area contributed by atoms with Crippen LogP contribution >= 0.6 is 23.1 Å². The van der Waals surface area contributed by atoms with Gasteiger partial charge in [-0.25, -0.2) is 9.78 Å². The molecular formula is C23H19N3O4S2. The lowest BCUT2D eigenvalue weighted by atomic mass is 10.2. The summed E-state index contributed by atoms with van der Waals surface area (Å²) in [5.74, 6) is -0.693. The smallest absolute Gasteiger partial charge is 0.337 e. The number of rotatable bonds is 6. The SMILES string of the molecule is COC(=O)c1cccc(NC(=O)CSc2nc3sc(-c4ccccc4)cc3c(=O)n2C)c1. The lowest BCUT2D eigenvalue weighted by molar-refractivity contribution is -0.113. The molecule has 0 spiro atoms. The maximum atomic E-state index is 12.8. The third-order valence-electron chi connectivity index (χ3n) is 4.69. The first kappa shape index (κ1) is 21.8. The molecule has 0 radical (unpaired) electrons. The van der Waals surface area contributed by atoms with Gasteiger partial charge >= 0.3 is 5.97 Å². The van der Waals surface area contributed by atoms with Crippen LogP contribution < -0.4 is 10.9 Å². The number of ether oxygens (including phenoxy) is 1. The van der Waals surface area contributed by atoms with Crippen molar-refractivity contribution in [3.05, 3.63) is 76.6 Å². The fourth-order valence-corrected chi connectivity index (χ4v) is 4.94. The molecule has 32 heavy (non-hydrogen) atoms. The highest BCUT2D eigenvalue weighted by molar-refractivity contribution is 7.99. The summed E-state index contributed by atoms with van der Waals surface area (Å²) in [5.41, 5.74) is 1.71. The van der Waals surface area contributed by atoms with E-state index in [4.69, 9.17) is 4.74 Å². The molecule has 1 N–H and O–H groups in total. The van der Waals surface area contributed by atoms with Gasteiger partial charge in [0.1, 0.15) is 4.83 Å². The van der Waals surface area contributed by atoms with E-state index in [-0.39, 0.29) is 17.2 Å². The minimum absolute atomic E-state index is 0.0607. The first-order valence-corrected chi connectivity index (χ1v) is 11.4. The lowest BCUT2D eigenvalue weighted by Gasteiger charge is -2.08. The number of thiophene rings is 1. The fraction of sp³-hybridized carbons (Fsp3) is 0.130. The number of benzene rings is 2. The van der Waals surface area contributed by atoms with Gasteiger partial charge in [-0.05, 0) is 29.8 Å². The largest absolute Gasteiger partial charge is 0.465 e. The summed E-state index contributed by atoms with van der Waals surface area (Å²) >= 11 is 2.63. The molecule has 0 fully saturated rings. The van der Waals surface area contributed by atoms with Crippen molar-refractivity contribution >= 4 is 50.9 Å². The summed E-state index contributed by atoms with van der Waals surface area (Å²) in [5, 5.41) is 3.77. The Labute approximate surface area is 192 Å². The zero-order valence-electron chi connectivity index (χ0n) is 17.3. The van der Waals surface area contributed by atoms with E-state index < -0.39 is 5.97 Å². The number of aromatic nitrogens is 2. The number of nitrogens with zero attached hydrogens (tertiary/aromatic N) is 2. The molecule has 1 amide bonds. The van der Waals surface area contributed by atoms with Crippen LogP contribution in [0.5, 0.6) is 0 Å². The predicted molar refractivity (Wildman–Crippen MR) is 127 cm³/mol. The molecule has 0 bridgehead atoms. The van der Waals surface area contributed by atoms with Crippen LogP contribution in [0.3, 0.4) is 0 Å². The second-order valence-electron chi connectivity index (χ2n) is 6.86. The molecule has 7 nitrogen and oxygen atoms in total. The van der Waals surface area contributed by atoms with Crippen molar-refractivity contribution in [3.8, 4) is 10.4 Å². The molecule has 0 saturated carbocycles. The Kier molecular flexibility index (Phi) is 6.38. The maximum Gasteiger partial charge on any atom is 0.337 e. The highest BCUT2D eigenvalue weighted by Gasteiger charge is 2.15. The van der Waals surface area contributed by atoms with Gasteiger partial charge in [-0.15, -0.1) is 11.3 Å². The average molecular weight is 466 g/mol. The van der Waals surface area contributed by atoms with Crippen molar-refractivity contribution in [2.75, 3.05) is 18.2 Å². The summed E-state index contributed by atoms with van der Waals surface area (Å²) in [6.45, 7) is 0. The van der Waals surface area contributed by atoms with Crippen molar-refractivity contribution in [1.29, 1.82) is 0 Å². The average Bonchev–Trinajstić information content (AvgIpc) is 3.25. The maximum absolute atomic E-state index is 12.8. The summed E-state index contributed by atoms with van der Waals surface area (Å²) in [7, 11) is 2.95. The minimum Gasteiger partial charge on any atom is -0.465 e. The molecule has 0 aliphatic carbocycles. The molecule has 0 atom stereocenters. The molecule has 2 aromatic carbocycles. The van der Waals surface area contributed by atoms with Gasteiger partial charge < -0.3 is 10.1 Å². The Bertz CT molecular complexity index is 1360. The van der Waals surface area contributed by atoms with Crippen LogP contribution in [0.4, 0.5) is 5.69 Å². The van der Waals surface area contributed by atoms with E-state index in [1.165, 1.54) is 34.8 Å². The van der Waals surface area contributed by atoms with Crippen molar-refractivity contribution in [2.45, 2.75) is 5.16 Å². The molecule has 4 rings (SSSR count). The standard InChI is InChI=1S/C23H19N3O4S2/c1-26-21(28)17-12-18(14-7-4-3-5-8-14)32-20(17)25-23(26)31-13-19(27)24-16-10-6-9-15(11-16)22(29)30-2/h3-12H,13H2,1-2H3,(H,24,27). The zero-order valence-corrected chi connectivity index (χ0v) is 19.0. The van der Waals surface area contributed by atoms with E-state index in [0.29, 0.717) is 26.6 Å². The number of amides is 1. The molecule has 0 aliphatic rings. The molecule has 162 valence electrons. The Balaban J connectivity index is 1.51. The molecule has 0 saturated heterocycles. The quantitative estimate of drug-likeness (QED) is 0.261. The monoisotopic (exact) mass is 465 g/mol. The lowest BCUT2D eigenvalue weighted by Crippen LogP contribution is -2.21. The molecule has 2 aromatic heterocycles. The highest BCUT2D eigenvalue weighted by Crippen LogP contribution is 2.31. The summed E-state index contributed by atoms with van der Waals surface area (Å²) in [4.78, 5) is 43.1. The summed E-state index contributed by atoms with van der Waals surface area (Å²) < 4.78 is 6.15. The molecule has 0 aliphatic heterocycles. The van der Waals surface area contributed by atoms with Crippen LogP contribution in [0.15, 0.2) is 70.6 Å². The van der Waals surface area contributed by atoms with E-state index in [1.807, 2.05) is 36.4 Å². The molecule has 2 heterocycles. The van der Waals surface area contributed by atoms with Gasteiger partial charge in [-0.2, -0.15) is 0 Å². The van der Waals surface area contributed by atoms with Gasteiger partial charge in [0.05, 0.1) is 23.8 Å². The zero-order chi connectivity index (χ0) is 22.7. The molecule has 9 heteroatoms. The van der Waals surface area contributed by atoms with Crippen molar-refractivity contribution < 1.29 is 14.3 Å². The normalized spacial score (nSPS) is 10.8. The molecule has 0 unspecified atom stereocenters. The number of esters is 1. The van der Waals surface area contributed by atoms with Crippen molar-refractivity contribution in [2.24, 2.45) is 7.05 Å². The van der Waals surface area contributed by atoms with E-state index in [9.17, 15) is 14.4 Å². The van der Waals surface area contributed by atoms with Gasteiger partial charge in [-0.3, -0.25) is 14.2 Å². The number of methoxy groups -OCH3 is 1. The first-order chi connectivity index (χ1) is 15.5. The first-order valence-electron chi connectivity index (χ1n) is 9.63. The van der Waals surface area contributed by atoms with E-state index in [2.05, 4.69) is 10.3 Å². The van der Waals surface area contributed by atoms with Crippen LogP contribution in [0.1, 0.15) is 10.4 Å². The number of thioether (sulfide) groups is 1. The van der Waals surface area contributed by atoms with Crippen LogP contribution in [0.25, 0.3) is 20.7 Å². The van der Waals surface area contributed by atoms with Gasteiger partial charge in [0, 0.05) is 17.6 Å². The van der Waals surface area contributed by atoms with Crippen LogP contribution in [0.2, 0.25) is 0 Å². The molecule has 4 aromatic rings. The third kappa shape index (κ3) is 4.58. The minimum atomic E-state index is -0.478. The topological polar surface area (TPSA) is 90.3 Å². The van der Waals surface area contributed by atoms with E-state index in [0.717, 1.165) is 10.4 Å². The van der Waals surface area contributed by atoms with Crippen LogP contribution in [0, 0.1) is 0 Å². The Hall–Kier alpha value is -3.43. The number of carbonyl (C=O) groups excluding carboxylic acids is 2. The third-order valence-corrected chi connectivity index (χ3v) is 6.80. The molecular weight excluding hydrogens is 446 g/mol. The van der Waals surface area contributed by atoms with Crippen LogP contribution in [-0.2, 0) is 16.6 Å². The van der Waals surface area contributed by atoms with E-state index >= 15 is 0 Å². The highest BCUT2D eigenvalue weighted by atomic mass is 32.2. The van der Waals surface area contributed by atoms with Crippen molar-refractivity contribution in [1.82, 2.24) is 9.55 Å². The van der Waals surface area contributed by atoms with E-state index in [1.54, 1.807) is 31.3 Å². The van der Waals surface area contributed by atoms with Gasteiger partial charge in [0.15, 0.2) is 5.16 Å². The van der Waals surface area contributed by atoms with Gasteiger partial charge in [0.25, 0.3) is 5.56 Å². The fourth-order valence-electron chi connectivity index (χ4n) is 3.09. The summed E-state index contributed by atoms with van der Waals surface area (Å²) in [6.07, 6.45) is 0. The number of hydrogen-bond donors (Lipinski definition) is 1. The Morgan fingerprint density at radius 2 is 1.91 bits per heavy atom. The van der Waals surface area contributed by atoms with Crippen LogP contribution in [-0.4, -0.2) is 34.3 Å². The Morgan fingerprint density at radius 3 is 2.66 bits per heavy atom. The summed E-state index contributed by atoms with van der Waals surface area (Å²) in [6, 6.07) is 18.2. The predicted octanol–water partition coefficient (Wildman–Crippen LogP) is 4.18. The Morgan fingerprint density at radius 1 is 1.12 bits per heavy atom.